The van der Waals surface area contributed by atoms with Gasteiger partial charge in [0.2, 0.25) is 0 Å². The van der Waals surface area contributed by atoms with Crippen molar-refractivity contribution in [3.8, 4) is 5.75 Å². The van der Waals surface area contributed by atoms with Crippen LogP contribution in [0, 0.1) is 10.1 Å². The highest BCUT2D eigenvalue weighted by Gasteiger charge is 2.48. The zero-order valence-electron chi connectivity index (χ0n) is 18.5. The Bertz CT molecular complexity index is 1580. The lowest BCUT2D eigenvalue weighted by Gasteiger charge is -2.22. The van der Waals surface area contributed by atoms with Gasteiger partial charge in [-0.1, -0.05) is 35.1 Å². The maximum absolute atomic E-state index is 13.3. The van der Waals surface area contributed by atoms with Crippen LogP contribution in [0.15, 0.2) is 72.3 Å². The number of halogens is 1. The number of methoxy groups -OCH3 is 1. The number of nitro benzene ring substituents is 1. The lowest BCUT2D eigenvalue weighted by Crippen LogP contribution is -2.29. The molecule has 1 aliphatic heterocycles. The zero-order chi connectivity index (χ0) is 25.6. The van der Waals surface area contributed by atoms with Gasteiger partial charge in [-0.2, -0.15) is 0 Å². The molecule has 1 saturated heterocycles. The summed E-state index contributed by atoms with van der Waals surface area (Å²) < 4.78 is 5.97. The monoisotopic (exact) mass is 521 g/mol. The molecule has 1 amide bonds. The van der Waals surface area contributed by atoms with Crippen LogP contribution in [0.25, 0.3) is 16.0 Å². The Morgan fingerprint density at radius 1 is 1.14 bits per heavy atom. The Labute approximate surface area is 213 Å². The molecule has 9 nitrogen and oxygen atoms in total. The minimum absolute atomic E-state index is 0.201. The molecule has 11 heteroatoms. The molecule has 3 aromatic carbocycles. The number of aromatic nitrogens is 1. The summed E-state index contributed by atoms with van der Waals surface area (Å²) in [6.45, 7) is 0. The quantitative estimate of drug-likeness (QED) is 0.121. The first-order valence-electron chi connectivity index (χ1n) is 10.5. The molecule has 0 aliphatic carbocycles. The molecule has 5 rings (SSSR count). The van der Waals surface area contributed by atoms with Gasteiger partial charge < -0.3 is 9.84 Å². The molecule has 2 heterocycles. The molecular formula is C25H16ClN3O6S. The number of non-ortho nitro benzene ring substituents is 1. The van der Waals surface area contributed by atoms with E-state index >= 15 is 0 Å². The van der Waals surface area contributed by atoms with Gasteiger partial charge in [0.25, 0.3) is 11.5 Å². The highest BCUT2D eigenvalue weighted by molar-refractivity contribution is 7.22. The summed E-state index contributed by atoms with van der Waals surface area (Å²) in [4.78, 5) is 43.2. The lowest BCUT2D eigenvalue weighted by molar-refractivity contribution is -0.384. The number of hydrogen-bond donors (Lipinski definition) is 1. The van der Waals surface area contributed by atoms with Gasteiger partial charge in [0, 0.05) is 22.7 Å². The normalized spacial score (nSPS) is 17.1. The number of carbonyl (C=O) groups is 2. The van der Waals surface area contributed by atoms with Gasteiger partial charge >= 0.3 is 5.91 Å². The van der Waals surface area contributed by atoms with Crippen molar-refractivity contribution >= 4 is 61.4 Å². The molecule has 1 aliphatic rings. The van der Waals surface area contributed by atoms with E-state index < -0.39 is 28.4 Å². The first kappa shape index (κ1) is 23.5. The highest BCUT2D eigenvalue weighted by Crippen LogP contribution is 2.45. The number of thiazole rings is 1. The summed E-state index contributed by atoms with van der Waals surface area (Å²) in [5, 5.41) is 23.2. The number of Topliss-reactive ketones (excluding diaryl/α,β-unsaturated/α-hetero) is 1. The van der Waals surface area contributed by atoms with E-state index in [0.717, 1.165) is 11.3 Å². The van der Waals surface area contributed by atoms with Gasteiger partial charge in [-0.15, -0.1) is 0 Å². The number of rotatable bonds is 5. The predicted octanol–water partition coefficient (Wildman–Crippen LogP) is 5.49. The molecule has 0 bridgehead atoms. The van der Waals surface area contributed by atoms with Crippen molar-refractivity contribution in [3.63, 3.8) is 0 Å². The second kappa shape index (κ2) is 9.06. The average Bonchev–Trinajstić information content (AvgIpc) is 3.41. The molecular weight excluding hydrogens is 506 g/mol. The molecule has 0 spiro atoms. The standard InChI is InChI=1S/C25H16ClN3O6S/c1-35-17-9-10-18-19(12-17)36-25(27-18)28-21(14-3-2-4-16(11-14)29(33)34)20(23(31)24(28)32)22(30)13-5-7-15(26)8-6-13/h2-12,21,30H,1H3/b22-20+/t21-/m1/s1. The molecule has 0 saturated carbocycles. The van der Waals surface area contributed by atoms with Gasteiger partial charge in [0.15, 0.2) is 5.13 Å². The van der Waals surface area contributed by atoms with E-state index in [1.807, 2.05) is 0 Å². The molecule has 36 heavy (non-hydrogen) atoms. The number of nitrogens with zero attached hydrogens (tertiary/aromatic N) is 3. The number of carbonyl (C=O) groups excluding carboxylic acids is 2. The smallest absolute Gasteiger partial charge is 0.301 e. The van der Waals surface area contributed by atoms with Crippen molar-refractivity contribution in [2.45, 2.75) is 6.04 Å². The summed E-state index contributed by atoms with van der Waals surface area (Å²) in [6, 6.07) is 15.7. The van der Waals surface area contributed by atoms with Crippen LogP contribution in [-0.4, -0.2) is 33.8 Å². The number of ketones is 1. The highest BCUT2D eigenvalue weighted by atomic mass is 35.5. The Hall–Kier alpha value is -4.28. The third-order valence-electron chi connectivity index (χ3n) is 5.75. The van der Waals surface area contributed by atoms with Gasteiger partial charge in [-0.3, -0.25) is 24.6 Å². The van der Waals surface area contributed by atoms with Crippen LogP contribution in [0.3, 0.4) is 0 Å². The van der Waals surface area contributed by atoms with E-state index in [1.165, 1.54) is 54.5 Å². The van der Waals surface area contributed by atoms with E-state index in [0.29, 0.717) is 21.0 Å². The summed E-state index contributed by atoms with van der Waals surface area (Å²) >= 11 is 7.11. The van der Waals surface area contributed by atoms with Crippen LogP contribution in [0.4, 0.5) is 10.8 Å². The van der Waals surface area contributed by atoms with Crippen LogP contribution in [0.1, 0.15) is 17.2 Å². The minimum atomic E-state index is -1.15. The number of aliphatic hydroxyl groups excluding tert-OH is 1. The molecule has 1 atom stereocenters. The van der Waals surface area contributed by atoms with Crippen LogP contribution < -0.4 is 9.64 Å². The first-order chi connectivity index (χ1) is 17.3. The number of hydrogen-bond acceptors (Lipinski definition) is 8. The molecule has 1 fully saturated rings. The molecule has 0 unspecified atom stereocenters. The van der Waals surface area contributed by atoms with Crippen molar-refractivity contribution in [1.82, 2.24) is 4.98 Å². The average molecular weight is 522 g/mol. The number of ether oxygens (including phenoxy) is 1. The third-order valence-corrected chi connectivity index (χ3v) is 7.02. The first-order valence-corrected chi connectivity index (χ1v) is 11.7. The maximum atomic E-state index is 13.3. The Balaban J connectivity index is 1.74. The maximum Gasteiger partial charge on any atom is 0.301 e. The third kappa shape index (κ3) is 3.96. The number of anilines is 1. The number of fused-ring (bicyclic) bond motifs is 1. The van der Waals surface area contributed by atoms with Gasteiger partial charge in [0.05, 0.1) is 33.9 Å². The van der Waals surface area contributed by atoms with E-state index in [1.54, 1.807) is 24.3 Å². The number of amides is 1. The summed E-state index contributed by atoms with van der Waals surface area (Å²) in [6.07, 6.45) is 0. The van der Waals surface area contributed by atoms with Crippen molar-refractivity contribution in [2.24, 2.45) is 0 Å². The zero-order valence-corrected chi connectivity index (χ0v) is 20.1. The minimum Gasteiger partial charge on any atom is -0.507 e. The topological polar surface area (TPSA) is 123 Å². The van der Waals surface area contributed by atoms with Gasteiger partial charge in [0.1, 0.15) is 11.5 Å². The van der Waals surface area contributed by atoms with Crippen LogP contribution in [0.5, 0.6) is 5.75 Å². The van der Waals surface area contributed by atoms with Crippen molar-refractivity contribution in [2.75, 3.05) is 12.0 Å². The summed E-state index contributed by atoms with van der Waals surface area (Å²) in [7, 11) is 1.53. The fraction of sp³-hybridized carbons (Fsp3) is 0.0800. The van der Waals surface area contributed by atoms with E-state index in [-0.39, 0.29) is 27.5 Å². The van der Waals surface area contributed by atoms with Crippen molar-refractivity contribution in [1.29, 1.82) is 0 Å². The molecule has 1 aromatic heterocycles. The second-order valence-electron chi connectivity index (χ2n) is 7.86. The molecule has 0 radical (unpaired) electrons. The molecule has 180 valence electrons. The van der Waals surface area contributed by atoms with Gasteiger partial charge in [-0.05, 0) is 48.0 Å². The van der Waals surface area contributed by atoms with Crippen molar-refractivity contribution in [3.05, 3.63) is 98.6 Å². The number of benzene rings is 3. The SMILES string of the molecule is COc1ccc2nc(N3C(=O)C(=O)/C(=C(/O)c4ccc(Cl)cc4)[C@H]3c3cccc([N+](=O)[O-])c3)sc2c1. The number of aliphatic hydroxyl groups is 1. The fourth-order valence-corrected chi connectivity index (χ4v) is 5.19. The fourth-order valence-electron chi connectivity index (χ4n) is 4.04. The van der Waals surface area contributed by atoms with E-state index in [9.17, 15) is 24.8 Å². The predicted molar refractivity (Wildman–Crippen MR) is 136 cm³/mol. The lowest BCUT2D eigenvalue weighted by atomic mass is 9.95. The van der Waals surface area contributed by atoms with E-state index in [4.69, 9.17) is 16.3 Å². The van der Waals surface area contributed by atoms with Crippen LogP contribution >= 0.6 is 22.9 Å². The summed E-state index contributed by atoms with van der Waals surface area (Å²) in [5.74, 6) is -1.67. The Morgan fingerprint density at radius 2 is 1.89 bits per heavy atom. The van der Waals surface area contributed by atoms with Crippen molar-refractivity contribution < 1.29 is 24.4 Å². The Morgan fingerprint density at radius 3 is 2.58 bits per heavy atom. The van der Waals surface area contributed by atoms with Crippen LogP contribution in [-0.2, 0) is 9.59 Å². The van der Waals surface area contributed by atoms with Gasteiger partial charge in [-0.25, -0.2) is 4.98 Å². The Kier molecular flexibility index (Phi) is 5.91. The van der Waals surface area contributed by atoms with Crippen LogP contribution in [0.2, 0.25) is 5.02 Å². The second-order valence-corrected chi connectivity index (χ2v) is 9.30. The molecule has 1 N–H and O–H groups in total. The largest absolute Gasteiger partial charge is 0.507 e. The molecule has 4 aromatic rings. The number of nitro groups is 1. The summed E-state index contributed by atoms with van der Waals surface area (Å²) in [5.41, 5.74) is 0.684. The van der Waals surface area contributed by atoms with E-state index in [2.05, 4.69) is 4.98 Å².